The summed E-state index contributed by atoms with van der Waals surface area (Å²) in [5, 5.41) is 4.26. The molecule has 22 heavy (non-hydrogen) atoms. The molecule has 0 amide bonds. The van der Waals surface area contributed by atoms with Gasteiger partial charge >= 0.3 is 0 Å². The van der Waals surface area contributed by atoms with Gasteiger partial charge in [0, 0.05) is 17.3 Å². The third-order valence-electron chi connectivity index (χ3n) is 2.84. The number of carbonyl (C=O) groups is 1. The van der Waals surface area contributed by atoms with Crippen LogP contribution < -0.4 is 0 Å². The van der Waals surface area contributed by atoms with E-state index in [1.807, 2.05) is 64.1 Å². The van der Waals surface area contributed by atoms with E-state index in [2.05, 4.69) is 10.1 Å². The zero-order chi connectivity index (χ0) is 16.5. The van der Waals surface area contributed by atoms with E-state index >= 15 is 0 Å². The summed E-state index contributed by atoms with van der Waals surface area (Å²) < 4.78 is 1.76. The monoisotopic (exact) mass is 297 g/mol. The van der Waals surface area contributed by atoms with Gasteiger partial charge in [0.2, 0.25) is 0 Å². The number of ketones is 1. The molecule has 3 aromatic rings. The number of carbonyl (C=O) groups excluding carboxylic acids is 1. The van der Waals surface area contributed by atoms with Crippen LogP contribution in [-0.4, -0.2) is 20.4 Å². The van der Waals surface area contributed by atoms with Gasteiger partial charge in [-0.3, -0.25) is 4.79 Å². The number of fused-ring (bicyclic) bond motifs is 1. The van der Waals surface area contributed by atoms with Crippen LogP contribution in [0.1, 0.15) is 45.0 Å². The molecule has 0 saturated carbocycles. The molecular weight excluding hydrogens is 274 g/mol. The molecule has 0 unspecified atom stereocenters. The van der Waals surface area contributed by atoms with Crippen molar-refractivity contribution < 1.29 is 4.79 Å². The normalized spacial score (nSPS) is 9.32. The first-order chi connectivity index (χ1) is 10.8. The van der Waals surface area contributed by atoms with E-state index in [-0.39, 0.29) is 5.78 Å². The molecule has 2 heterocycles. The quantitative estimate of drug-likeness (QED) is 0.647. The van der Waals surface area contributed by atoms with Crippen molar-refractivity contribution in [1.82, 2.24) is 14.6 Å². The van der Waals surface area contributed by atoms with Gasteiger partial charge in [-0.1, -0.05) is 45.9 Å². The van der Waals surface area contributed by atoms with Crippen molar-refractivity contribution in [3.05, 3.63) is 54.4 Å². The molecule has 0 radical (unpaired) electrons. The third kappa shape index (κ3) is 3.79. The molecule has 0 bridgehead atoms. The predicted molar refractivity (Wildman–Crippen MR) is 91.1 cm³/mol. The Balaban J connectivity index is 0.000000561. The van der Waals surface area contributed by atoms with Crippen molar-refractivity contribution in [2.75, 3.05) is 0 Å². The Bertz CT molecular complexity index is 732. The Hall–Kier alpha value is -2.49. The second-order valence-electron chi connectivity index (χ2n) is 4.07. The van der Waals surface area contributed by atoms with Crippen molar-refractivity contribution in [3.8, 4) is 11.3 Å². The first-order valence-electron chi connectivity index (χ1n) is 7.66. The lowest BCUT2D eigenvalue weighted by Gasteiger charge is -2.02. The molecule has 2 aromatic heterocycles. The molecule has 0 aliphatic heterocycles. The van der Waals surface area contributed by atoms with E-state index in [0.717, 1.165) is 16.9 Å². The molecule has 0 aliphatic carbocycles. The number of nitrogens with zero attached hydrogens (tertiary/aromatic N) is 3. The second-order valence-corrected chi connectivity index (χ2v) is 4.07. The van der Waals surface area contributed by atoms with Crippen LogP contribution in [0.3, 0.4) is 0 Å². The molecule has 116 valence electrons. The summed E-state index contributed by atoms with van der Waals surface area (Å²) in [6.45, 7) is 9.56. The first kappa shape index (κ1) is 17.6. The fourth-order valence-corrected chi connectivity index (χ4v) is 1.92. The number of hydrogen-bond acceptors (Lipinski definition) is 3. The van der Waals surface area contributed by atoms with Crippen LogP contribution in [0.15, 0.2) is 48.8 Å². The van der Waals surface area contributed by atoms with Gasteiger partial charge in [0.25, 0.3) is 0 Å². The number of rotatable bonds is 2. The molecule has 0 aliphatic rings. The summed E-state index contributed by atoms with van der Waals surface area (Å²) in [7, 11) is 0. The maximum Gasteiger partial charge on any atom is 0.159 e. The lowest BCUT2D eigenvalue weighted by molar-refractivity contribution is 0.101. The Morgan fingerprint density at radius 2 is 1.77 bits per heavy atom. The zero-order valence-corrected chi connectivity index (χ0v) is 13.9. The van der Waals surface area contributed by atoms with E-state index in [0.29, 0.717) is 5.56 Å². The van der Waals surface area contributed by atoms with Crippen LogP contribution >= 0.6 is 0 Å². The topological polar surface area (TPSA) is 47.3 Å². The molecular formula is C18H23N3O. The van der Waals surface area contributed by atoms with E-state index in [9.17, 15) is 4.79 Å². The maximum atomic E-state index is 11.4. The summed E-state index contributed by atoms with van der Waals surface area (Å²) in [6.07, 6.45) is 3.48. The van der Waals surface area contributed by atoms with Gasteiger partial charge in [-0.2, -0.15) is 5.10 Å². The minimum Gasteiger partial charge on any atom is -0.295 e. The first-order valence-corrected chi connectivity index (χ1v) is 7.66. The molecule has 3 rings (SSSR count). The number of hydrogen-bond donors (Lipinski definition) is 0. The van der Waals surface area contributed by atoms with Crippen molar-refractivity contribution in [3.63, 3.8) is 0 Å². The average molecular weight is 297 g/mol. The van der Waals surface area contributed by atoms with Crippen LogP contribution in [-0.2, 0) is 0 Å². The van der Waals surface area contributed by atoms with Gasteiger partial charge in [0.1, 0.15) is 0 Å². The summed E-state index contributed by atoms with van der Waals surface area (Å²) in [5.41, 5.74) is 3.31. The standard InChI is InChI=1S/C14H11N3O.2C2H6/c1-10(18)11-4-2-5-12(8-11)13-9-15-14-6-3-7-16-17(13)14;2*1-2/h2-9H,1H3;2*1-2H3. The molecule has 4 nitrogen and oxygen atoms in total. The molecule has 0 saturated heterocycles. The van der Waals surface area contributed by atoms with Crippen LogP contribution in [0.5, 0.6) is 0 Å². The van der Waals surface area contributed by atoms with Crippen molar-refractivity contribution in [2.45, 2.75) is 34.6 Å². The molecule has 0 fully saturated rings. The van der Waals surface area contributed by atoms with Crippen LogP contribution in [0.2, 0.25) is 0 Å². The molecule has 0 N–H and O–H groups in total. The van der Waals surface area contributed by atoms with Gasteiger partial charge in [-0.05, 0) is 25.1 Å². The number of Topliss-reactive ketones (excluding diaryl/α,β-unsaturated/α-hetero) is 1. The van der Waals surface area contributed by atoms with Crippen molar-refractivity contribution in [1.29, 1.82) is 0 Å². The highest BCUT2D eigenvalue weighted by Gasteiger charge is 2.08. The Morgan fingerprint density at radius 3 is 2.45 bits per heavy atom. The van der Waals surface area contributed by atoms with Crippen molar-refractivity contribution in [2.24, 2.45) is 0 Å². The van der Waals surface area contributed by atoms with Gasteiger partial charge < -0.3 is 0 Å². The van der Waals surface area contributed by atoms with E-state index in [1.54, 1.807) is 23.8 Å². The number of benzene rings is 1. The summed E-state index contributed by atoms with van der Waals surface area (Å²) >= 11 is 0. The third-order valence-corrected chi connectivity index (χ3v) is 2.84. The largest absolute Gasteiger partial charge is 0.295 e. The zero-order valence-electron chi connectivity index (χ0n) is 13.9. The van der Waals surface area contributed by atoms with Gasteiger partial charge in [0.15, 0.2) is 11.4 Å². The van der Waals surface area contributed by atoms with E-state index < -0.39 is 0 Å². The Morgan fingerprint density at radius 1 is 1.05 bits per heavy atom. The summed E-state index contributed by atoms with van der Waals surface area (Å²) in [5.74, 6) is 0.0543. The van der Waals surface area contributed by atoms with Gasteiger partial charge in [0.05, 0.1) is 11.9 Å². The fourth-order valence-electron chi connectivity index (χ4n) is 1.92. The number of aromatic nitrogens is 3. The smallest absolute Gasteiger partial charge is 0.159 e. The van der Waals surface area contributed by atoms with Crippen molar-refractivity contribution >= 4 is 11.4 Å². The highest BCUT2D eigenvalue weighted by molar-refractivity contribution is 5.95. The predicted octanol–water partition coefficient (Wildman–Crippen LogP) is 4.65. The SMILES string of the molecule is CC.CC.CC(=O)c1cccc(-c2cnc3cccnn23)c1. The lowest BCUT2D eigenvalue weighted by Crippen LogP contribution is -1.95. The Kier molecular flexibility index (Phi) is 6.96. The van der Waals surface area contributed by atoms with Crippen LogP contribution in [0.25, 0.3) is 16.9 Å². The highest BCUT2D eigenvalue weighted by Crippen LogP contribution is 2.21. The maximum absolute atomic E-state index is 11.4. The summed E-state index contributed by atoms with van der Waals surface area (Å²) in [6, 6.07) is 11.2. The van der Waals surface area contributed by atoms with Crippen LogP contribution in [0.4, 0.5) is 0 Å². The minimum absolute atomic E-state index is 0.0543. The molecule has 0 spiro atoms. The second kappa shape index (κ2) is 8.72. The van der Waals surface area contributed by atoms with Gasteiger partial charge in [-0.15, -0.1) is 0 Å². The molecule has 4 heteroatoms. The van der Waals surface area contributed by atoms with Crippen LogP contribution in [0, 0.1) is 0 Å². The Labute approximate surface area is 131 Å². The van der Waals surface area contributed by atoms with E-state index in [4.69, 9.17) is 0 Å². The lowest BCUT2D eigenvalue weighted by atomic mass is 10.1. The van der Waals surface area contributed by atoms with Gasteiger partial charge in [-0.25, -0.2) is 9.50 Å². The molecule has 0 atom stereocenters. The average Bonchev–Trinajstić information content (AvgIpc) is 3.03. The van der Waals surface area contributed by atoms with E-state index in [1.165, 1.54) is 0 Å². The summed E-state index contributed by atoms with van der Waals surface area (Å²) in [4.78, 5) is 15.7. The number of imidazole rings is 1. The highest BCUT2D eigenvalue weighted by atomic mass is 16.1. The fraction of sp³-hybridized carbons (Fsp3) is 0.278. The molecule has 1 aromatic carbocycles. The minimum atomic E-state index is 0.0543.